The Morgan fingerprint density at radius 2 is 2.05 bits per heavy atom. The topological polar surface area (TPSA) is 46.1 Å². The molecule has 0 unspecified atom stereocenters. The fourth-order valence-corrected chi connectivity index (χ4v) is 2.78. The highest BCUT2D eigenvalue weighted by molar-refractivity contribution is 7.08. The summed E-state index contributed by atoms with van der Waals surface area (Å²) in [6.07, 6.45) is 2.04. The van der Waals surface area contributed by atoms with E-state index < -0.39 is 0 Å². The maximum atomic E-state index is 12.6. The van der Waals surface area contributed by atoms with E-state index in [9.17, 15) is 4.79 Å². The number of hydrogen-bond donors (Lipinski definition) is 0. The van der Waals surface area contributed by atoms with Crippen molar-refractivity contribution < 1.29 is 4.79 Å². The molecule has 1 aromatic heterocycles. The Kier molecular flexibility index (Phi) is 6.20. The van der Waals surface area contributed by atoms with Crippen LogP contribution in [0.4, 0.5) is 0 Å². The van der Waals surface area contributed by atoms with Gasteiger partial charge in [0.2, 0.25) is 0 Å². The van der Waals surface area contributed by atoms with Gasteiger partial charge in [-0.05, 0) is 18.0 Å². The van der Waals surface area contributed by atoms with Crippen molar-refractivity contribution >= 4 is 29.0 Å². The van der Waals surface area contributed by atoms with Crippen molar-refractivity contribution in [1.82, 2.24) is 14.5 Å². The van der Waals surface area contributed by atoms with E-state index in [2.05, 4.69) is 16.5 Å². The summed E-state index contributed by atoms with van der Waals surface area (Å²) in [6.45, 7) is 9.54. The predicted octanol–water partition coefficient (Wildman–Crippen LogP) is 3.32. The number of aromatic nitrogens is 2. The monoisotopic (exact) mass is 303 g/mol. The third kappa shape index (κ3) is 4.42. The van der Waals surface area contributed by atoms with Crippen molar-refractivity contribution in [1.29, 1.82) is 0 Å². The first kappa shape index (κ1) is 16.4. The van der Waals surface area contributed by atoms with Gasteiger partial charge in [-0.1, -0.05) is 38.6 Å². The van der Waals surface area contributed by atoms with Gasteiger partial charge in [-0.3, -0.25) is 4.79 Å². The molecule has 19 heavy (non-hydrogen) atoms. The highest BCUT2D eigenvalue weighted by atomic mass is 35.5. The smallest absolute Gasteiger partial charge is 0.267 e. The Bertz CT molecular complexity index is 414. The second-order valence-electron chi connectivity index (χ2n) is 5.54. The van der Waals surface area contributed by atoms with Crippen molar-refractivity contribution in [3.05, 3.63) is 10.6 Å². The lowest BCUT2D eigenvalue weighted by atomic mass is 9.91. The maximum absolute atomic E-state index is 12.6. The summed E-state index contributed by atoms with van der Waals surface area (Å²) in [5.74, 6) is 0.459. The fraction of sp³-hybridized carbons (Fsp3) is 0.769. The molecular formula is C13H22ClN3OS. The van der Waals surface area contributed by atoms with Crippen LogP contribution in [-0.4, -0.2) is 39.4 Å². The average Bonchev–Trinajstić information content (AvgIpc) is 2.82. The minimum atomic E-state index is -0.171. The second kappa shape index (κ2) is 7.20. The van der Waals surface area contributed by atoms with E-state index in [1.165, 1.54) is 11.5 Å². The number of alkyl halides is 1. The van der Waals surface area contributed by atoms with Crippen LogP contribution in [0.3, 0.4) is 0 Å². The number of nitrogens with zero attached hydrogens (tertiary/aromatic N) is 3. The second-order valence-corrected chi connectivity index (χ2v) is 6.67. The summed E-state index contributed by atoms with van der Waals surface area (Å²) in [5, 5.41) is 4.12. The first-order valence-electron chi connectivity index (χ1n) is 6.59. The summed E-state index contributed by atoms with van der Waals surface area (Å²) >= 11 is 6.97. The molecule has 0 aliphatic heterocycles. The van der Waals surface area contributed by atoms with Gasteiger partial charge < -0.3 is 4.90 Å². The maximum Gasteiger partial charge on any atom is 0.267 e. The lowest BCUT2D eigenvalue weighted by Crippen LogP contribution is -2.34. The van der Waals surface area contributed by atoms with Crippen LogP contribution >= 0.6 is 23.1 Å². The Morgan fingerprint density at radius 3 is 2.58 bits per heavy atom. The molecule has 0 saturated heterocycles. The van der Waals surface area contributed by atoms with Gasteiger partial charge in [0.25, 0.3) is 5.91 Å². The van der Waals surface area contributed by atoms with Gasteiger partial charge in [0.1, 0.15) is 4.88 Å². The van der Waals surface area contributed by atoms with Crippen LogP contribution in [0.2, 0.25) is 0 Å². The Morgan fingerprint density at radius 1 is 1.37 bits per heavy atom. The van der Waals surface area contributed by atoms with Crippen LogP contribution in [0, 0.1) is 0 Å². The summed E-state index contributed by atoms with van der Waals surface area (Å²) in [6, 6.07) is 0. The molecule has 108 valence electrons. The van der Waals surface area contributed by atoms with Crippen molar-refractivity contribution in [3.8, 4) is 0 Å². The first-order valence-corrected chi connectivity index (χ1v) is 7.90. The Hall–Kier alpha value is -0.680. The van der Waals surface area contributed by atoms with Crippen LogP contribution in [0.1, 0.15) is 55.9 Å². The summed E-state index contributed by atoms with van der Waals surface area (Å²) in [7, 11) is 0. The van der Waals surface area contributed by atoms with Gasteiger partial charge in [0, 0.05) is 24.4 Å². The quantitative estimate of drug-likeness (QED) is 0.757. The number of unbranched alkanes of at least 4 members (excludes halogenated alkanes) is 1. The summed E-state index contributed by atoms with van der Waals surface area (Å²) in [4.78, 5) is 15.0. The van der Waals surface area contributed by atoms with E-state index in [4.69, 9.17) is 11.6 Å². The number of hydrogen-bond acceptors (Lipinski definition) is 4. The van der Waals surface area contributed by atoms with Gasteiger partial charge in [-0.2, -0.15) is 0 Å². The van der Waals surface area contributed by atoms with Gasteiger partial charge in [-0.15, -0.1) is 16.7 Å². The molecule has 0 fully saturated rings. The van der Waals surface area contributed by atoms with E-state index in [1.807, 2.05) is 20.8 Å². The standard InChI is InChI=1S/C13H22ClN3OS/c1-5-6-8-17(9-7-14)12(18)10-11(13(2,3)4)15-16-19-10/h5-9H2,1-4H3. The first-order chi connectivity index (χ1) is 8.91. The molecule has 0 aliphatic rings. The molecule has 1 aromatic rings. The lowest BCUT2D eigenvalue weighted by Gasteiger charge is -2.23. The van der Waals surface area contributed by atoms with Gasteiger partial charge in [0.15, 0.2) is 0 Å². The van der Waals surface area contributed by atoms with Gasteiger partial charge >= 0.3 is 0 Å². The van der Waals surface area contributed by atoms with Crippen molar-refractivity contribution in [3.63, 3.8) is 0 Å². The van der Waals surface area contributed by atoms with Crippen LogP contribution < -0.4 is 0 Å². The molecule has 0 radical (unpaired) electrons. The van der Waals surface area contributed by atoms with E-state index >= 15 is 0 Å². The summed E-state index contributed by atoms with van der Waals surface area (Å²) in [5.41, 5.74) is 0.605. The number of amides is 1. The van der Waals surface area contributed by atoms with Crippen molar-refractivity contribution in [2.24, 2.45) is 0 Å². The van der Waals surface area contributed by atoms with E-state index in [0.29, 0.717) is 17.3 Å². The fourth-order valence-electron chi connectivity index (χ4n) is 1.73. The molecule has 0 spiro atoms. The molecular weight excluding hydrogens is 282 g/mol. The molecule has 4 nitrogen and oxygen atoms in total. The minimum absolute atomic E-state index is 0.00836. The average molecular weight is 304 g/mol. The number of halogens is 1. The SMILES string of the molecule is CCCCN(CCCl)C(=O)c1snnc1C(C)(C)C. The van der Waals surface area contributed by atoms with Crippen LogP contribution in [0.25, 0.3) is 0 Å². The molecule has 0 saturated carbocycles. The van der Waals surface area contributed by atoms with Crippen LogP contribution in [-0.2, 0) is 5.41 Å². The molecule has 0 atom stereocenters. The zero-order valence-electron chi connectivity index (χ0n) is 12.1. The van der Waals surface area contributed by atoms with E-state index in [-0.39, 0.29) is 11.3 Å². The number of rotatable bonds is 6. The van der Waals surface area contributed by atoms with Crippen LogP contribution in [0.5, 0.6) is 0 Å². The Balaban J connectivity index is 2.93. The third-order valence-corrected chi connectivity index (χ3v) is 3.70. The molecule has 0 aliphatic carbocycles. The molecule has 1 heterocycles. The largest absolute Gasteiger partial charge is 0.337 e. The van der Waals surface area contributed by atoms with Crippen molar-refractivity contribution in [2.45, 2.75) is 46.0 Å². The highest BCUT2D eigenvalue weighted by Crippen LogP contribution is 2.26. The minimum Gasteiger partial charge on any atom is -0.337 e. The zero-order valence-corrected chi connectivity index (χ0v) is 13.6. The zero-order chi connectivity index (χ0) is 14.5. The predicted molar refractivity (Wildman–Crippen MR) is 80.1 cm³/mol. The van der Waals surface area contributed by atoms with Crippen LogP contribution in [0.15, 0.2) is 0 Å². The normalized spacial score (nSPS) is 11.6. The van der Waals surface area contributed by atoms with Gasteiger partial charge in [-0.25, -0.2) is 0 Å². The van der Waals surface area contributed by atoms with Crippen molar-refractivity contribution in [2.75, 3.05) is 19.0 Å². The summed E-state index contributed by atoms with van der Waals surface area (Å²) < 4.78 is 3.94. The van der Waals surface area contributed by atoms with E-state index in [1.54, 1.807) is 4.90 Å². The molecule has 6 heteroatoms. The third-order valence-electron chi connectivity index (χ3n) is 2.82. The number of carbonyl (C=O) groups is 1. The highest BCUT2D eigenvalue weighted by Gasteiger charge is 2.28. The lowest BCUT2D eigenvalue weighted by molar-refractivity contribution is 0.0765. The molecule has 0 N–H and O–H groups in total. The van der Waals surface area contributed by atoms with E-state index in [0.717, 1.165) is 25.1 Å². The molecule has 0 bridgehead atoms. The van der Waals surface area contributed by atoms with Gasteiger partial charge in [0.05, 0.1) is 5.69 Å². The molecule has 1 rings (SSSR count). The molecule has 0 aromatic carbocycles. The number of carbonyl (C=O) groups excluding carboxylic acids is 1. The Labute approximate surface area is 124 Å². The molecule has 1 amide bonds.